The second kappa shape index (κ2) is 10.4. The molecule has 4 aromatic rings. The summed E-state index contributed by atoms with van der Waals surface area (Å²) >= 11 is 1.40. The molecule has 0 saturated heterocycles. The van der Waals surface area contributed by atoms with Crippen molar-refractivity contribution in [2.45, 2.75) is 38.9 Å². The van der Waals surface area contributed by atoms with Crippen molar-refractivity contribution in [3.05, 3.63) is 89.2 Å². The number of carbonyl (C=O) groups is 1. The molecule has 1 N–H and O–H groups in total. The lowest BCUT2D eigenvalue weighted by molar-refractivity contribution is -0.113. The van der Waals surface area contributed by atoms with Crippen molar-refractivity contribution in [3.8, 4) is 11.4 Å². The summed E-state index contributed by atoms with van der Waals surface area (Å²) < 4.78 is 2.09. The summed E-state index contributed by atoms with van der Waals surface area (Å²) in [7, 11) is 0. The van der Waals surface area contributed by atoms with Gasteiger partial charge in [-0.3, -0.25) is 9.78 Å². The number of benzene rings is 2. The number of amides is 1. The number of aryl methyl sites for hydroxylation is 4. The standard InChI is InChI=1S/C26H27N5OS/c1-18-15-19(2)24(20(3)16-18)28-23(32)17-33-26-30-29-25(22-9-12-27-13-10-22)31(26)14-11-21-7-5-4-6-8-21/h4-10,12-13,15-16H,11,14,17H2,1-3H3,(H,28,32). The van der Waals surface area contributed by atoms with E-state index >= 15 is 0 Å². The van der Waals surface area contributed by atoms with Gasteiger partial charge in [0.25, 0.3) is 0 Å². The quantitative estimate of drug-likeness (QED) is 0.366. The Balaban J connectivity index is 1.51. The number of nitrogens with zero attached hydrogens (tertiary/aromatic N) is 4. The summed E-state index contributed by atoms with van der Waals surface area (Å²) in [5.74, 6) is 0.978. The first-order chi connectivity index (χ1) is 16.0. The van der Waals surface area contributed by atoms with Crippen LogP contribution in [-0.2, 0) is 17.8 Å². The molecule has 0 spiro atoms. The number of hydrogen-bond acceptors (Lipinski definition) is 5. The molecule has 2 aromatic heterocycles. The Morgan fingerprint density at radius 2 is 1.67 bits per heavy atom. The summed E-state index contributed by atoms with van der Waals surface area (Å²) in [6.45, 7) is 6.81. The van der Waals surface area contributed by atoms with E-state index < -0.39 is 0 Å². The van der Waals surface area contributed by atoms with Crippen molar-refractivity contribution in [2.75, 3.05) is 11.1 Å². The summed E-state index contributed by atoms with van der Waals surface area (Å²) in [6.07, 6.45) is 4.34. The first-order valence-corrected chi connectivity index (χ1v) is 11.9. The van der Waals surface area contributed by atoms with Gasteiger partial charge < -0.3 is 9.88 Å². The van der Waals surface area contributed by atoms with Gasteiger partial charge in [0.15, 0.2) is 11.0 Å². The van der Waals surface area contributed by atoms with Gasteiger partial charge in [-0.15, -0.1) is 10.2 Å². The van der Waals surface area contributed by atoms with E-state index in [9.17, 15) is 4.79 Å². The van der Waals surface area contributed by atoms with Crippen LogP contribution in [0.25, 0.3) is 11.4 Å². The maximum Gasteiger partial charge on any atom is 0.234 e. The number of pyridine rings is 1. The zero-order chi connectivity index (χ0) is 23.2. The molecule has 33 heavy (non-hydrogen) atoms. The molecule has 0 aliphatic carbocycles. The molecule has 1 amide bonds. The normalized spacial score (nSPS) is 10.9. The highest BCUT2D eigenvalue weighted by Crippen LogP contribution is 2.26. The van der Waals surface area contributed by atoms with Gasteiger partial charge in [0, 0.05) is 30.2 Å². The molecule has 0 bridgehead atoms. The van der Waals surface area contributed by atoms with Crippen LogP contribution in [0.2, 0.25) is 0 Å². The fourth-order valence-electron chi connectivity index (χ4n) is 3.88. The molecule has 0 atom stereocenters. The Hall–Kier alpha value is -3.45. The van der Waals surface area contributed by atoms with E-state index in [4.69, 9.17) is 0 Å². The molecule has 168 valence electrons. The smallest absolute Gasteiger partial charge is 0.234 e. The zero-order valence-electron chi connectivity index (χ0n) is 19.1. The summed E-state index contributed by atoms with van der Waals surface area (Å²) in [5.41, 5.74) is 6.40. The monoisotopic (exact) mass is 457 g/mol. The van der Waals surface area contributed by atoms with E-state index in [2.05, 4.69) is 56.3 Å². The highest BCUT2D eigenvalue weighted by molar-refractivity contribution is 7.99. The highest BCUT2D eigenvalue weighted by atomic mass is 32.2. The van der Waals surface area contributed by atoms with Crippen LogP contribution in [0, 0.1) is 20.8 Å². The number of hydrogen-bond donors (Lipinski definition) is 1. The predicted molar refractivity (Wildman–Crippen MR) is 133 cm³/mol. The number of thioether (sulfide) groups is 1. The SMILES string of the molecule is Cc1cc(C)c(NC(=O)CSc2nnc(-c3ccncc3)n2CCc2ccccc2)c(C)c1. The predicted octanol–water partition coefficient (Wildman–Crippen LogP) is 5.24. The molecule has 4 rings (SSSR count). The van der Waals surface area contributed by atoms with Gasteiger partial charge in [-0.25, -0.2) is 0 Å². The Morgan fingerprint density at radius 3 is 2.36 bits per heavy atom. The van der Waals surface area contributed by atoms with E-state index in [1.165, 1.54) is 22.9 Å². The van der Waals surface area contributed by atoms with Crippen molar-refractivity contribution in [1.82, 2.24) is 19.7 Å². The lowest BCUT2D eigenvalue weighted by Gasteiger charge is -2.13. The van der Waals surface area contributed by atoms with Gasteiger partial charge in [-0.1, -0.05) is 59.8 Å². The van der Waals surface area contributed by atoms with E-state index in [0.29, 0.717) is 0 Å². The Morgan fingerprint density at radius 1 is 0.970 bits per heavy atom. The number of aromatic nitrogens is 4. The minimum atomic E-state index is -0.0573. The molecule has 0 aliphatic rings. The lowest BCUT2D eigenvalue weighted by Crippen LogP contribution is -2.16. The van der Waals surface area contributed by atoms with Crippen LogP contribution >= 0.6 is 11.8 Å². The summed E-state index contributed by atoms with van der Waals surface area (Å²) in [5, 5.41) is 12.6. The molecular formula is C26H27N5OS. The van der Waals surface area contributed by atoms with Crippen molar-refractivity contribution in [3.63, 3.8) is 0 Å². The Labute approximate surface area is 198 Å². The second-order valence-corrected chi connectivity index (χ2v) is 8.98. The number of rotatable bonds is 8. The van der Waals surface area contributed by atoms with Gasteiger partial charge in [0.2, 0.25) is 5.91 Å². The molecule has 0 fully saturated rings. The Kier molecular flexibility index (Phi) is 7.19. The third-order valence-corrected chi connectivity index (χ3v) is 6.36. The molecule has 7 heteroatoms. The van der Waals surface area contributed by atoms with Gasteiger partial charge in [0.1, 0.15) is 0 Å². The molecule has 6 nitrogen and oxygen atoms in total. The van der Waals surface area contributed by atoms with Crippen molar-refractivity contribution in [1.29, 1.82) is 0 Å². The fraction of sp³-hybridized carbons (Fsp3) is 0.231. The first-order valence-electron chi connectivity index (χ1n) is 10.9. The molecule has 0 saturated carbocycles. The van der Waals surface area contributed by atoms with Crippen LogP contribution < -0.4 is 5.32 Å². The largest absolute Gasteiger partial charge is 0.325 e. The molecular weight excluding hydrogens is 430 g/mol. The van der Waals surface area contributed by atoms with E-state index in [-0.39, 0.29) is 11.7 Å². The van der Waals surface area contributed by atoms with Crippen LogP contribution in [0.1, 0.15) is 22.3 Å². The number of anilines is 1. The van der Waals surface area contributed by atoms with Gasteiger partial charge in [-0.2, -0.15) is 0 Å². The van der Waals surface area contributed by atoms with Crippen molar-refractivity contribution in [2.24, 2.45) is 0 Å². The zero-order valence-corrected chi connectivity index (χ0v) is 19.9. The van der Waals surface area contributed by atoms with E-state index in [1.807, 2.05) is 44.2 Å². The average Bonchev–Trinajstić information content (AvgIpc) is 3.22. The van der Waals surface area contributed by atoms with Crippen LogP contribution in [0.3, 0.4) is 0 Å². The minimum absolute atomic E-state index is 0.0573. The molecule has 0 unspecified atom stereocenters. The molecule has 2 aromatic carbocycles. The lowest BCUT2D eigenvalue weighted by atomic mass is 10.1. The first kappa shape index (κ1) is 22.7. The second-order valence-electron chi connectivity index (χ2n) is 8.04. The van der Waals surface area contributed by atoms with E-state index in [1.54, 1.807) is 12.4 Å². The third kappa shape index (κ3) is 5.68. The van der Waals surface area contributed by atoms with Gasteiger partial charge in [0.05, 0.1) is 5.75 Å². The van der Waals surface area contributed by atoms with Crippen LogP contribution in [0.5, 0.6) is 0 Å². The van der Waals surface area contributed by atoms with Crippen LogP contribution in [0.4, 0.5) is 5.69 Å². The summed E-state index contributed by atoms with van der Waals surface area (Å²) in [4.78, 5) is 16.8. The van der Waals surface area contributed by atoms with Crippen molar-refractivity contribution < 1.29 is 4.79 Å². The topological polar surface area (TPSA) is 72.7 Å². The maximum absolute atomic E-state index is 12.7. The molecule has 2 heterocycles. The Bertz CT molecular complexity index is 1220. The fourth-order valence-corrected chi connectivity index (χ4v) is 4.64. The van der Waals surface area contributed by atoms with Crippen molar-refractivity contribution >= 4 is 23.4 Å². The average molecular weight is 458 g/mol. The minimum Gasteiger partial charge on any atom is -0.325 e. The number of nitrogens with one attached hydrogen (secondary N) is 1. The van der Waals surface area contributed by atoms with Crippen LogP contribution in [0.15, 0.2) is 72.1 Å². The van der Waals surface area contributed by atoms with Crippen LogP contribution in [-0.4, -0.2) is 31.4 Å². The summed E-state index contributed by atoms with van der Waals surface area (Å²) in [6, 6.07) is 18.3. The van der Waals surface area contributed by atoms with Gasteiger partial charge in [-0.05, 0) is 56.0 Å². The highest BCUT2D eigenvalue weighted by Gasteiger charge is 2.16. The van der Waals surface area contributed by atoms with E-state index in [0.717, 1.165) is 46.3 Å². The molecule has 0 radical (unpaired) electrons. The number of carbonyl (C=O) groups excluding carboxylic acids is 1. The molecule has 0 aliphatic heterocycles. The third-order valence-electron chi connectivity index (χ3n) is 5.40. The maximum atomic E-state index is 12.7. The van der Waals surface area contributed by atoms with Gasteiger partial charge >= 0.3 is 0 Å².